The van der Waals surface area contributed by atoms with Crippen LogP contribution in [0.1, 0.15) is 84.4 Å². The van der Waals surface area contributed by atoms with Gasteiger partial charge in [-0.3, -0.25) is 4.79 Å². The summed E-state index contributed by atoms with van der Waals surface area (Å²) in [6.07, 6.45) is 6.45. The standard InChI is InChI=1S/C27H31NO4/c1-3-18-7-9-19(10-8-18)16-28-26(30)25-17(2)23-21(31-25)11-12-22-24(23)20(29)15-27(32-22)13-5-4-6-14-27/h7-12,20,29H,3-6,13-16H2,1-2H3,(H,28,30)/t20-/m0/s1. The van der Waals surface area contributed by atoms with Crippen molar-refractivity contribution in [2.24, 2.45) is 0 Å². The molecule has 2 aliphatic rings. The van der Waals surface area contributed by atoms with E-state index in [-0.39, 0.29) is 11.5 Å². The van der Waals surface area contributed by atoms with Crippen LogP contribution in [-0.2, 0) is 13.0 Å². The average molecular weight is 434 g/mol. The largest absolute Gasteiger partial charge is 0.487 e. The topological polar surface area (TPSA) is 71.7 Å². The van der Waals surface area contributed by atoms with Crippen molar-refractivity contribution < 1.29 is 19.1 Å². The molecule has 0 bridgehead atoms. The predicted octanol–water partition coefficient (Wildman–Crippen LogP) is 5.75. The Morgan fingerprint density at radius 1 is 1.09 bits per heavy atom. The molecule has 5 nitrogen and oxygen atoms in total. The van der Waals surface area contributed by atoms with Crippen molar-refractivity contribution in [1.29, 1.82) is 0 Å². The molecule has 1 spiro atoms. The van der Waals surface area contributed by atoms with Gasteiger partial charge in [0, 0.05) is 29.5 Å². The molecule has 0 radical (unpaired) electrons. The van der Waals surface area contributed by atoms with Gasteiger partial charge in [-0.25, -0.2) is 0 Å². The summed E-state index contributed by atoms with van der Waals surface area (Å²) in [7, 11) is 0. The third-order valence-electron chi connectivity index (χ3n) is 7.18. The van der Waals surface area contributed by atoms with Gasteiger partial charge in [0.1, 0.15) is 16.9 Å². The molecule has 5 rings (SSSR count). The molecule has 1 fully saturated rings. The lowest BCUT2D eigenvalue weighted by atomic mass is 9.77. The second-order valence-electron chi connectivity index (χ2n) is 9.33. The number of hydrogen-bond acceptors (Lipinski definition) is 4. The zero-order valence-corrected chi connectivity index (χ0v) is 18.9. The highest BCUT2D eigenvalue weighted by Gasteiger charge is 2.42. The molecule has 3 aromatic rings. The molecule has 1 aliphatic heterocycles. The number of aliphatic hydroxyl groups is 1. The first kappa shape index (κ1) is 21.1. The molecule has 32 heavy (non-hydrogen) atoms. The maximum absolute atomic E-state index is 12.9. The zero-order chi connectivity index (χ0) is 22.3. The van der Waals surface area contributed by atoms with Crippen LogP contribution in [0.2, 0.25) is 0 Å². The molecule has 2 N–H and O–H groups in total. The maximum atomic E-state index is 12.9. The van der Waals surface area contributed by atoms with Crippen molar-refractivity contribution in [3.8, 4) is 5.75 Å². The fourth-order valence-corrected chi connectivity index (χ4v) is 5.38. The first-order valence-electron chi connectivity index (χ1n) is 11.8. The second-order valence-corrected chi connectivity index (χ2v) is 9.33. The van der Waals surface area contributed by atoms with Gasteiger partial charge in [0.25, 0.3) is 5.91 Å². The molecule has 0 unspecified atom stereocenters. The zero-order valence-electron chi connectivity index (χ0n) is 18.9. The van der Waals surface area contributed by atoms with Crippen LogP contribution in [0.15, 0.2) is 40.8 Å². The number of aryl methyl sites for hydroxylation is 2. The van der Waals surface area contributed by atoms with Crippen molar-refractivity contribution in [2.75, 3.05) is 0 Å². The molecule has 0 saturated heterocycles. The normalized spacial score (nSPS) is 19.5. The minimum Gasteiger partial charge on any atom is -0.487 e. The number of benzene rings is 2. The molecular formula is C27H31NO4. The molecular weight excluding hydrogens is 402 g/mol. The molecule has 1 saturated carbocycles. The van der Waals surface area contributed by atoms with Crippen LogP contribution in [0.4, 0.5) is 0 Å². The molecule has 1 amide bonds. The summed E-state index contributed by atoms with van der Waals surface area (Å²) in [5, 5.41) is 14.9. The summed E-state index contributed by atoms with van der Waals surface area (Å²) in [5.41, 5.74) is 4.17. The molecule has 168 valence electrons. The number of carbonyl (C=O) groups is 1. The van der Waals surface area contributed by atoms with Gasteiger partial charge >= 0.3 is 0 Å². The lowest BCUT2D eigenvalue weighted by molar-refractivity contribution is -0.0373. The highest BCUT2D eigenvalue weighted by atomic mass is 16.5. The van der Waals surface area contributed by atoms with Gasteiger partial charge in [-0.1, -0.05) is 37.6 Å². The smallest absolute Gasteiger partial charge is 0.287 e. The van der Waals surface area contributed by atoms with Crippen LogP contribution in [-0.4, -0.2) is 16.6 Å². The van der Waals surface area contributed by atoms with E-state index in [1.807, 2.05) is 31.2 Å². The first-order chi connectivity index (χ1) is 15.5. The van der Waals surface area contributed by atoms with E-state index in [9.17, 15) is 9.90 Å². The number of aliphatic hydroxyl groups excluding tert-OH is 1. The highest BCUT2D eigenvalue weighted by Crippen LogP contribution is 2.49. The lowest BCUT2D eigenvalue weighted by Gasteiger charge is -2.43. The van der Waals surface area contributed by atoms with Crippen molar-refractivity contribution in [3.63, 3.8) is 0 Å². The van der Waals surface area contributed by atoms with Gasteiger partial charge in [-0.2, -0.15) is 0 Å². The van der Waals surface area contributed by atoms with Crippen LogP contribution in [0.3, 0.4) is 0 Å². The van der Waals surface area contributed by atoms with E-state index >= 15 is 0 Å². The Morgan fingerprint density at radius 2 is 1.81 bits per heavy atom. The molecule has 2 heterocycles. The van der Waals surface area contributed by atoms with Crippen LogP contribution in [0, 0.1) is 6.92 Å². The number of nitrogens with one attached hydrogen (secondary N) is 1. The van der Waals surface area contributed by atoms with E-state index in [1.54, 1.807) is 0 Å². The number of amides is 1. The van der Waals surface area contributed by atoms with E-state index in [0.717, 1.165) is 59.9 Å². The van der Waals surface area contributed by atoms with E-state index in [4.69, 9.17) is 9.15 Å². The van der Waals surface area contributed by atoms with Gasteiger partial charge in [0.05, 0.1) is 6.10 Å². The van der Waals surface area contributed by atoms with Gasteiger partial charge in [-0.15, -0.1) is 0 Å². The summed E-state index contributed by atoms with van der Waals surface area (Å²) < 4.78 is 12.4. The quantitative estimate of drug-likeness (QED) is 0.549. The molecule has 1 atom stereocenters. The average Bonchev–Trinajstić information content (AvgIpc) is 3.14. The SMILES string of the molecule is CCc1ccc(CNC(=O)c2oc3ccc4c(c3c2C)[C@@H](O)CC2(CCCCC2)O4)cc1. The fraction of sp³-hybridized carbons (Fsp3) is 0.444. The summed E-state index contributed by atoms with van der Waals surface area (Å²) in [6.45, 7) is 4.44. The van der Waals surface area contributed by atoms with Gasteiger partial charge in [-0.05, 0) is 62.3 Å². The highest BCUT2D eigenvalue weighted by molar-refractivity contribution is 6.00. The molecule has 1 aliphatic carbocycles. The summed E-state index contributed by atoms with van der Waals surface area (Å²) in [6, 6.07) is 12.0. The van der Waals surface area contributed by atoms with Gasteiger partial charge in [0.15, 0.2) is 5.76 Å². The number of carbonyl (C=O) groups excluding carboxylic acids is 1. The number of rotatable bonds is 4. The Labute approximate surface area is 188 Å². The summed E-state index contributed by atoms with van der Waals surface area (Å²) in [5.74, 6) is 0.774. The predicted molar refractivity (Wildman–Crippen MR) is 124 cm³/mol. The van der Waals surface area contributed by atoms with Crippen LogP contribution < -0.4 is 10.1 Å². The van der Waals surface area contributed by atoms with Crippen molar-refractivity contribution in [2.45, 2.75) is 77.0 Å². The third kappa shape index (κ3) is 3.69. The second kappa shape index (κ2) is 8.28. The van der Waals surface area contributed by atoms with Crippen LogP contribution in [0.5, 0.6) is 5.75 Å². The van der Waals surface area contributed by atoms with Crippen LogP contribution >= 0.6 is 0 Å². The van der Waals surface area contributed by atoms with E-state index in [1.165, 1.54) is 12.0 Å². The Morgan fingerprint density at radius 3 is 2.53 bits per heavy atom. The number of hydrogen-bond donors (Lipinski definition) is 2. The first-order valence-corrected chi connectivity index (χ1v) is 11.8. The van der Waals surface area contributed by atoms with Crippen LogP contribution in [0.25, 0.3) is 11.0 Å². The number of fused-ring (bicyclic) bond motifs is 3. The Kier molecular flexibility index (Phi) is 5.46. The van der Waals surface area contributed by atoms with Crippen molar-refractivity contribution >= 4 is 16.9 Å². The lowest BCUT2D eigenvalue weighted by Crippen LogP contribution is -2.42. The summed E-state index contributed by atoms with van der Waals surface area (Å²) >= 11 is 0. The number of furan rings is 1. The Hall–Kier alpha value is -2.79. The molecule has 5 heteroatoms. The van der Waals surface area contributed by atoms with Crippen molar-refractivity contribution in [1.82, 2.24) is 5.32 Å². The van der Waals surface area contributed by atoms with Gasteiger partial charge in [0.2, 0.25) is 0 Å². The minimum absolute atomic E-state index is 0.248. The molecule has 1 aromatic heterocycles. The number of ether oxygens (including phenoxy) is 1. The van der Waals surface area contributed by atoms with E-state index in [2.05, 4.69) is 24.4 Å². The minimum atomic E-state index is -0.621. The van der Waals surface area contributed by atoms with E-state index < -0.39 is 6.10 Å². The van der Waals surface area contributed by atoms with Crippen molar-refractivity contribution in [3.05, 3.63) is 64.4 Å². The third-order valence-corrected chi connectivity index (χ3v) is 7.18. The Bertz CT molecular complexity index is 1140. The Balaban J connectivity index is 1.41. The van der Waals surface area contributed by atoms with E-state index in [0.29, 0.717) is 24.3 Å². The monoisotopic (exact) mass is 433 g/mol. The van der Waals surface area contributed by atoms with Gasteiger partial charge < -0.3 is 19.6 Å². The maximum Gasteiger partial charge on any atom is 0.287 e. The fourth-order valence-electron chi connectivity index (χ4n) is 5.38. The summed E-state index contributed by atoms with van der Waals surface area (Å²) in [4.78, 5) is 12.9. The molecule has 2 aromatic carbocycles.